The Morgan fingerprint density at radius 3 is 2.63 bits per heavy atom. The number of hydrogen-bond acceptors (Lipinski definition) is 3. The van der Waals surface area contributed by atoms with Crippen LogP contribution in [0.15, 0.2) is 22.9 Å². The summed E-state index contributed by atoms with van der Waals surface area (Å²) in [5.74, 6) is 0.264. The van der Waals surface area contributed by atoms with Gasteiger partial charge in [0.1, 0.15) is 11.0 Å². The zero-order valence-electron chi connectivity index (χ0n) is 10.4. The second kappa shape index (κ2) is 4.54. The second-order valence-corrected chi connectivity index (χ2v) is 5.48. The molecule has 0 unspecified atom stereocenters. The third-order valence-electron chi connectivity index (χ3n) is 3.11. The number of rotatable bonds is 1. The van der Waals surface area contributed by atoms with Crippen molar-refractivity contribution in [2.24, 2.45) is 0 Å². The predicted molar refractivity (Wildman–Crippen MR) is 77.3 cm³/mol. The van der Waals surface area contributed by atoms with Crippen LogP contribution >= 0.6 is 22.9 Å². The van der Waals surface area contributed by atoms with Crippen LogP contribution in [-0.2, 0) is 0 Å². The van der Waals surface area contributed by atoms with Gasteiger partial charge in [0.05, 0.1) is 5.52 Å². The van der Waals surface area contributed by atoms with E-state index in [1.165, 1.54) is 6.07 Å². The SMILES string of the molecule is Cc1cscc1-c1nc(Cl)c2ccc(F)c(C)c2n1. The van der Waals surface area contributed by atoms with Crippen molar-refractivity contribution in [1.82, 2.24) is 9.97 Å². The molecule has 2 heterocycles. The Hall–Kier alpha value is -1.52. The highest BCUT2D eigenvalue weighted by atomic mass is 35.5. The molecule has 1 aromatic carbocycles. The fourth-order valence-electron chi connectivity index (χ4n) is 1.98. The molecule has 5 heteroatoms. The molecule has 3 rings (SSSR count). The molecule has 0 saturated heterocycles. The summed E-state index contributed by atoms with van der Waals surface area (Å²) < 4.78 is 13.6. The third-order valence-corrected chi connectivity index (χ3v) is 4.25. The Labute approximate surface area is 118 Å². The van der Waals surface area contributed by atoms with Crippen molar-refractivity contribution in [2.75, 3.05) is 0 Å². The monoisotopic (exact) mass is 292 g/mol. The van der Waals surface area contributed by atoms with Crippen LogP contribution < -0.4 is 0 Å². The first-order valence-corrected chi connectivity index (χ1v) is 7.05. The molecule has 0 N–H and O–H groups in total. The van der Waals surface area contributed by atoms with E-state index in [1.807, 2.05) is 17.7 Å². The van der Waals surface area contributed by atoms with E-state index in [9.17, 15) is 4.39 Å². The normalized spacial score (nSPS) is 11.2. The number of aromatic nitrogens is 2. The van der Waals surface area contributed by atoms with E-state index in [0.717, 1.165) is 11.1 Å². The van der Waals surface area contributed by atoms with E-state index in [-0.39, 0.29) is 5.82 Å². The third kappa shape index (κ3) is 2.01. The van der Waals surface area contributed by atoms with Gasteiger partial charge in [-0.25, -0.2) is 14.4 Å². The summed E-state index contributed by atoms with van der Waals surface area (Å²) >= 11 is 7.77. The van der Waals surface area contributed by atoms with E-state index >= 15 is 0 Å². The smallest absolute Gasteiger partial charge is 0.162 e. The predicted octanol–water partition coefficient (Wildman–Crippen LogP) is 4.77. The van der Waals surface area contributed by atoms with Gasteiger partial charge in [-0.05, 0) is 36.9 Å². The molecule has 96 valence electrons. The van der Waals surface area contributed by atoms with Crippen molar-refractivity contribution in [1.29, 1.82) is 0 Å². The van der Waals surface area contributed by atoms with Crippen molar-refractivity contribution in [3.63, 3.8) is 0 Å². The van der Waals surface area contributed by atoms with Crippen molar-refractivity contribution in [3.05, 3.63) is 45.0 Å². The van der Waals surface area contributed by atoms with E-state index in [0.29, 0.717) is 27.4 Å². The van der Waals surface area contributed by atoms with Gasteiger partial charge < -0.3 is 0 Å². The molecule has 0 aliphatic carbocycles. The zero-order chi connectivity index (χ0) is 13.6. The highest BCUT2D eigenvalue weighted by Gasteiger charge is 2.13. The molecule has 0 amide bonds. The largest absolute Gasteiger partial charge is 0.227 e. The number of benzene rings is 1. The fourth-order valence-corrected chi connectivity index (χ4v) is 3.04. The van der Waals surface area contributed by atoms with Crippen LogP contribution in [0.1, 0.15) is 11.1 Å². The van der Waals surface area contributed by atoms with Crippen LogP contribution in [-0.4, -0.2) is 9.97 Å². The molecule has 0 fully saturated rings. The molecule has 0 saturated carbocycles. The summed E-state index contributed by atoms with van der Waals surface area (Å²) in [5.41, 5.74) is 3.10. The highest BCUT2D eigenvalue weighted by Crippen LogP contribution is 2.30. The van der Waals surface area contributed by atoms with Crippen LogP contribution in [0.5, 0.6) is 0 Å². The highest BCUT2D eigenvalue weighted by molar-refractivity contribution is 7.08. The first kappa shape index (κ1) is 12.5. The number of fused-ring (bicyclic) bond motifs is 1. The molecule has 0 atom stereocenters. The van der Waals surface area contributed by atoms with Crippen LogP contribution in [0.2, 0.25) is 5.15 Å². The number of aryl methyl sites for hydroxylation is 2. The lowest BCUT2D eigenvalue weighted by Crippen LogP contribution is -1.95. The first-order valence-electron chi connectivity index (χ1n) is 5.73. The number of halogens is 2. The van der Waals surface area contributed by atoms with Crippen LogP contribution in [0.3, 0.4) is 0 Å². The lowest BCUT2D eigenvalue weighted by Gasteiger charge is -2.07. The Balaban J connectivity index is 2.35. The maximum Gasteiger partial charge on any atom is 0.162 e. The van der Waals surface area contributed by atoms with Crippen LogP contribution in [0, 0.1) is 19.7 Å². The van der Waals surface area contributed by atoms with E-state index in [4.69, 9.17) is 11.6 Å². The van der Waals surface area contributed by atoms with E-state index in [2.05, 4.69) is 9.97 Å². The van der Waals surface area contributed by atoms with Crippen LogP contribution in [0.25, 0.3) is 22.3 Å². The Morgan fingerprint density at radius 1 is 1.16 bits per heavy atom. The van der Waals surface area contributed by atoms with Gasteiger partial charge in [-0.15, -0.1) is 0 Å². The second-order valence-electron chi connectivity index (χ2n) is 4.38. The van der Waals surface area contributed by atoms with Gasteiger partial charge in [-0.1, -0.05) is 11.6 Å². The Morgan fingerprint density at radius 2 is 1.95 bits per heavy atom. The van der Waals surface area contributed by atoms with Gasteiger partial charge in [0.25, 0.3) is 0 Å². The average Bonchev–Trinajstić information content (AvgIpc) is 2.80. The summed E-state index contributed by atoms with van der Waals surface area (Å²) in [5, 5.41) is 5.03. The van der Waals surface area contributed by atoms with Crippen molar-refractivity contribution >= 4 is 33.8 Å². The quantitative estimate of drug-likeness (QED) is 0.604. The first-order chi connectivity index (χ1) is 9.08. The lowest BCUT2D eigenvalue weighted by atomic mass is 10.1. The molecule has 2 nitrogen and oxygen atoms in total. The summed E-state index contributed by atoms with van der Waals surface area (Å²) in [6, 6.07) is 3.01. The van der Waals surface area contributed by atoms with E-state index in [1.54, 1.807) is 24.3 Å². The summed E-state index contributed by atoms with van der Waals surface area (Å²) in [6.07, 6.45) is 0. The fraction of sp³-hybridized carbons (Fsp3) is 0.143. The van der Waals surface area contributed by atoms with Gasteiger partial charge in [-0.2, -0.15) is 11.3 Å². The molecule has 0 bridgehead atoms. The average molecular weight is 293 g/mol. The molecule has 0 spiro atoms. The molecule has 0 radical (unpaired) electrons. The molecule has 3 aromatic rings. The number of nitrogens with zero attached hydrogens (tertiary/aromatic N) is 2. The Bertz CT molecular complexity index is 782. The molecular weight excluding hydrogens is 283 g/mol. The molecule has 19 heavy (non-hydrogen) atoms. The standard InChI is InChI=1S/C14H10ClFN2S/c1-7-5-19-6-10(7)14-17-12-8(2)11(16)4-3-9(12)13(15)18-14/h3-6H,1-2H3. The van der Waals surface area contributed by atoms with Crippen molar-refractivity contribution in [2.45, 2.75) is 13.8 Å². The van der Waals surface area contributed by atoms with Gasteiger partial charge in [0, 0.05) is 21.9 Å². The van der Waals surface area contributed by atoms with Gasteiger partial charge in [0.2, 0.25) is 0 Å². The topological polar surface area (TPSA) is 25.8 Å². The lowest BCUT2D eigenvalue weighted by molar-refractivity contribution is 0.620. The van der Waals surface area contributed by atoms with Gasteiger partial charge in [0.15, 0.2) is 5.82 Å². The van der Waals surface area contributed by atoms with E-state index < -0.39 is 0 Å². The summed E-state index contributed by atoms with van der Waals surface area (Å²) in [6.45, 7) is 3.69. The molecule has 0 aliphatic rings. The minimum Gasteiger partial charge on any atom is -0.227 e. The molecular formula is C14H10ClFN2S. The maximum atomic E-state index is 13.6. The van der Waals surface area contributed by atoms with Crippen molar-refractivity contribution < 1.29 is 4.39 Å². The minimum atomic E-state index is -0.282. The zero-order valence-corrected chi connectivity index (χ0v) is 11.9. The molecule has 2 aromatic heterocycles. The number of thiophene rings is 1. The summed E-state index contributed by atoms with van der Waals surface area (Å²) in [7, 11) is 0. The number of hydrogen-bond donors (Lipinski definition) is 0. The van der Waals surface area contributed by atoms with Crippen molar-refractivity contribution in [3.8, 4) is 11.4 Å². The summed E-state index contributed by atoms with van der Waals surface area (Å²) in [4.78, 5) is 8.78. The Kier molecular flexibility index (Phi) is 2.99. The van der Waals surface area contributed by atoms with Gasteiger partial charge in [-0.3, -0.25) is 0 Å². The minimum absolute atomic E-state index is 0.282. The van der Waals surface area contributed by atoms with Crippen LogP contribution in [0.4, 0.5) is 4.39 Å². The maximum absolute atomic E-state index is 13.6. The molecule has 0 aliphatic heterocycles. The van der Waals surface area contributed by atoms with Gasteiger partial charge >= 0.3 is 0 Å².